The molecule has 25 heavy (non-hydrogen) atoms. The van der Waals surface area contributed by atoms with Gasteiger partial charge in [0.15, 0.2) is 0 Å². The predicted octanol–water partition coefficient (Wildman–Crippen LogP) is 3.72. The summed E-state index contributed by atoms with van der Waals surface area (Å²) in [6.45, 7) is 0. The van der Waals surface area contributed by atoms with Crippen LogP contribution in [0.2, 0.25) is 0 Å². The Kier molecular flexibility index (Phi) is 4.24. The van der Waals surface area contributed by atoms with E-state index in [1.807, 2.05) is 36.5 Å². The van der Waals surface area contributed by atoms with Gasteiger partial charge in [-0.1, -0.05) is 30.3 Å². The van der Waals surface area contributed by atoms with Gasteiger partial charge in [-0.25, -0.2) is 9.97 Å². The number of fused-ring (bicyclic) bond motifs is 1. The number of hydrogen-bond donors (Lipinski definition) is 3. The standard InChI is InChI=1S/C20H21N3O2/c24-16-8-4-13(5-9-16)18-3-1-2-14-12-21-20(23-19(14)18)22-15-6-10-17(25)11-7-15/h1-5,8-9,12,15,17,24-25H,6-7,10-11H2,(H,21,22,23). The number of aliphatic hydroxyl groups is 1. The summed E-state index contributed by atoms with van der Waals surface area (Å²) in [7, 11) is 0. The van der Waals surface area contributed by atoms with Crippen molar-refractivity contribution in [3.8, 4) is 16.9 Å². The molecule has 0 amide bonds. The molecule has 0 radical (unpaired) electrons. The van der Waals surface area contributed by atoms with Crippen LogP contribution >= 0.6 is 0 Å². The average Bonchev–Trinajstić information content (AvgIpc) is 2.64. The minimum absolute atomic E-state index is 0.170. The quantitative estimate of drug-likeness (QED) is 0.680. The third kappa shape index (κ3) is 3.42. The molecule has 1 saturated carbocycles. The first-order valence-corrected chi connectivity index (χ1v) is 8.69. The van der Waals surface area contributed by atoms with E-state index in [0.29, 0.717) is 12.0 Å². The van der Waals surface area contributed by atoms with Crippen LogP contribution < -0.4 is 5.32 Å². The molecule has 1 aliphatic carbocycles. The second kappa shape index (κ2) is 6.69. The van der Waals surface area contributed by atoms with Crippen LogP contribution in [0.5, 0.6) is 5.75 Å². The van der Waals surface area contributed by atoms with E-state index in [9.17, 15) is 10.2 Å². The van der Waals surface area contributed by atoms with Gasteiger partial charge in [-0.3, -0.25) is 0 Å². The summed E-state index contributed by atoms with van der Waals surface area (Å²) < 4.78 is 0. The Labute approximate surface area is 146 Å². The highest BCUT2D eigenvalue weighted by atomic mass is 16.3. The van der Waals surface area contributed by atoms with Gasteiger partial charge >= 0.3 is 0 Å². The number of phenols is 1. The smallest absolute Gasteiger partial charge is 0.223 e. The number of hydrogen-bond acceptors (Lipinski definition) is 5. The lowest BCUT2D eigenvalue weighted by atomic mass is 9.93. The van der Waals surface area contributed by atoms with Crippen LogP contribution in [0.4, 0.5) is 5.95 Å². The summed E-state index contributed by atoms with van der Waals surface area (Å²) in [5, 5.41) is 23.5. The molecule has 1 aromatic heterocycles. The molecule has 3 N–H and O–H groups in total. The third-order valence-corrected chi connectivity index (χ3v) is 4.82. The van der Waals surface area contributed by atoms with Gasteiger partial charge in [-0.15, -0.1) is 0 Å². The van der Waals surface area contributed by atoms with E-state index >= 15 is 0 Å². The fourth-order valence-corrected chi connectivity index (χ4v) is 3.40. The number of benzene rings is 2. The van der Waals surface area contributed by atoms with E-state index in [-0.39, 0.29) is 11.9 Å². The molecule has 5 nitrogen and oxygen atoms in total. The minimum atomic E-state index is -0.170. The molecule has 2 aromatic carbocycles. The zero-order valence-electron chi connectivity index (χ0n) is 13.9. The van der Waals surface area contributed by atoms with Crippen LogP contribution in [-0.4, -0.2) is 32.3 Å². The highest BCUT2D eigenvalue weighted by Crippen LogP contribution is 2.29. The molecule has 0 spiro atoms. The first-order chi connectivity index (χ1) is 12.2. The molecule has 0 unspecified atom stereocenters. The number of nitrogens with one attached hydrogen (secondary N) is 1. The molecule has 0 atom stereocenters. The van der Waals surface area contributed by atoms with Gasteiger partial charge < -0.3 is 15.5 Å². The highest BCUT2D eigenvalue weighted by Gasteiger charge is 2.20. The summed E-state index contributed by atoms with van der Waals surface area (Å²) in [4.78, 5) is 9.18. The Hall–Kier alpha value is -2.66. The van der Waals surface area contributed by atoms with E-state index in [0.717, 1.165) is 47.7 Å². The molecule has 0 saturated heterocycles. The summed E-state index contributed by atoms with van der Waals surface area (Å²) in [6, 6.07) is 13.5. The second-order valence-electron chi connectivity index (χ2n) is 6.63. The van der Waals surface area contributed by atoms with E-state index in [1.54, 1.807) is 12.1 Å². The van der Waals surface area contributed by atoms with Crippen molar-refractivity contribution >= 4 is 16.9 Å². The normalized spacial score (nSPS) is 20.5. The molecule has 3 aromatic rings. The Morgan fingerprint density at radius 1 is 0.960 bits per heavy atom. The molecule has 4 rings (SSSR count). The van der Waals surface area contributed by atoms with Crippen LogP contribution in [0, 0.1) is 0 Å². The van der Waals surface area contributed by atoms with Gasteiger partial charge in [-0.05, 0) is 43.4 Å². The van der Waals surface area contributed by atoms with Crippen LogP contribution in [0.25, 0.3) is 22.0 Å². The van der Waals surface area contributed by atoms with E-state index in [2.05, 4.69) is 10.3 Å². The molecule has 0 aliphatic heterocycles. The number of anilines is 1. The monoisotopic (exact) mass is 335 g/mol. The van der Waals surface area contributed by atoms with Crippen molar-refractivity contribution in [2.24, 2.45) is 0 Å². The molecule has 1 fully saturated rings. The van der Waals surface area contributed by atoms with Gasteiger partial charge in [0.2, 0.25) is 5.95 Å². The fraction of sp³-hybridized carbons (Fsp3) is 0.300. The zero-order valence-corrected chi connectivity index (χ0v) is 13.9. The van der Waals surface area contributed by atoms with Crippen molar-refractivity contribution in [1.29, 1.82) is 0 Å². The number of aromatic hydroxyl groups is 1. The van der Waals surface area contributed by atoms with Crippen molar-refractivity contribution in [3.05, 3.63) is 48.7 Å². The van der Waals surface area contributed by atoms with E-state index in [4.69, 9.17) is 4.98 Å². The maximum Gasteiger partial charge on any atom is 0.223 e. The van der Waals surface area contributed by atoms with Crippen molar-refractivity contribution in [2.75, 3.05) is 5.32 Å². The third-order valence-electron chi connectivity index (χ3n) is 4.82. The number of nitrogens with zero attached hydrogens (tertiary/aromatic N) is 2. The highest BCUT2D eigenvalue weighted by molar-refractivity contribution is 5.93. The summed E-state index contributed by atoms with van der Waals surface area (Å²) in [5.41, 5.74) is 2.91. The lowest BCUT2D eigenvalue weighted by Gasteiger charge is -2.26. The Bertz CT molecular complexity index is 872. The van der Waals surface area contributed by atoms with Crippen LogP contribution in [0.15, 0.2) is 48.7 Å². The number of para-hydroxylation sites is 1. The van der Waals surface area contributed by atoms with Gasteiger partial charge in [-0.2, -0.15) is 0 Å². The van der Waals surface area contributed by atoms with Gasteiger partial charge in [0.05, 0.1) is 11.6 Å². The van der Waals surface area contributed by atoms with Crippen molar-refractivity contribution in [3.63, 3.8) is 0 Å². The van der Waals surface area contributed by atoms with Crippen LogP contribution in [0.3, 0.4) is 0 Å². The number of rotatable bonds is 3. The lowest BCUT2D eigenvalue weighted by Crippen LogP contribution is -2.28. The molecule has 5 heteroatoms. The fourth-order valence-electron chi connectivity index (χ4n) is 3.40. The average molecular weight is 335 g/mol. The number of phenolic OH excluding ortho intramolecular Hbond substituents is 1. The lowest BCUT2D eigenvalue weighted by molar-refractivity contribution is 0.126. The summed E-state index contributed by atoms with van der Waals surface area (Å²) >= 11 is 0. The minimum Gasteiger partial charge on any atom is -0.508 e. The van der Waals surface area contributed by atoms with Crippen molar-refractivity contribution < 1.29 is 10.2 Å². The Morgan fingerprint density at radius 2 is 1.72 bits per heavy atom. The largest absolute Gasteiger partial charge is 0.508 e. The molecular formula is C20H21N3O2. The zero-order chi connectivity index (χ0) is 17.2. The second-order valence-corrected chi connectivity index (χ2v) is 6.63. The molecule has 1 heterocycles. The summed E-state index contributed by atoms with van der Waals surface area (Å²) in [6.07, 6.45) is 5.18. The van der Waals surface area contributed by atoms with Crippen molar-refractivity contribution in [2.45, 2.75) is 37.8 Å². The van der Waals surface area contributed by atoms with Gasteiger partial charge in [0.1, 0.15) is 5.75 Å². The van der Waals surface area contributed by atoms with E-state index < -0.39 is 0 Å². The SMILES string of the molecule is Oc1ccc(-c2cccc3cnc(NC4CCC(O)CC4)nc23)cc1. The van der Waals surface area contributed by atoms with Gasteiger partial charge in [0.25, 0.3) is 0 Å². The molecule has 1 aliphatic rings. The van der Waals surface area contributed by atoms with E-state index in [1.165, 1.54) is 0 Å². The maximum atomic E-state index is 9.64. The predicted molar refractivity (Wildman–Crippen MR) is 98.5 cm³/mol. The summed E-state index contributed by atoms with van der Waals surface area (Å²) in [5.74, 6) is 0.876. The first kappa shape index (κ1) is 15.8. The van der Waals surface area contributed by atoms with Crippen LogP contribution in [-0.2, 0) is 0 Å². The molecule has 0 bridgehead atoms. The van der Waals surface area contributed by atoms with Crippen LogP contribution in [0.1, 0.15) is 25.7 Å². The van der Waals surface area contributed by atoms with Gasteiger partial charge in [0, 0.05) is 23.2 Å². The number of aromatic nitrogens is 2. The van der Waals surface area contributed by atoms with Crippen molar-refractivity contribution in [1.82, 2.24) is 9.97 Å². The molecule has 128 valence electrons. The maximum absolute atomic E-state index is 9.64. The topological polar surface area (TPSA) is 78.3 Å². The Morgan fingerprint density at radius 3 is 2.48 bits per heavy atom. The Balaban J connectivity index is 1.67. The first-order valence-electron chi connectivity index (χ1n) is 8.69. The molecular weight excluding hydrogens is 314 g/mol. The number of aliphatic hydroxyl groups excluding tert-OH is 1.